The molecule has 1 fully saturated rings. The highest BCUT2D eigenvalue weighted by Crippen LogP contribution is 2.22. The molecule has 0 spiro atoms. The van der Waals surface area contributed by atoms with Crippen LogP contribution >= 0.6 is 0 Å². The van der Waals surface area contributed by atoms with Gasteiger partial charge in [0.1, 0.15) is 17.0 Å². The van der Waals surface area contributed by atoms with Gasteiger partial charge in [0, 0.05) is 44.0 Å². The van der Waals surface area contributed by atoms with Gasteiger partial charge in [-0.15, -0.1) is 0 Å². The summed E-state index contributed by atoms with van der Waals surface area (Å²) in [4.78, 5) is 43.8. The molecular weight excluding hydrogens is 411 g/mol. The number of rotatable bonds is 6. The van der Waals surface area contributed by atoms with Gasteiger partial charge in [-0.05, 0) is 43.4 Å². The second-order valence-electron chi connectivity index (χ2n) is 8.07. The van der Waals surface area contributed by atoms with Crippen molar-refractivity contribution in [2.75, 3.05) is 13.1 Å². The van der Waals surface area contributed by atoms with Crippen LogP contribution in [0.4, 0.5) is 4.39 Å². The van der Waals surface area contributed by atoms with Gasteiger partial charge in [0.05, 0.1) is 0 Å². The van der Waals surface area contributed by atoms with Crippen LogP contribution in [-0.4, -0.2) is 39.2 Å². The van der Waals surface area contributed by atoms with Crippen LogP contribution in [0.25, 0.3) is 5.65 Å². The maximum Gasteiger partial charge on any atom is 0.270 e. The van der Waals surface area contributed by atoms with Crippen molar-refractivity contribution in [3.63, 3.8) is 0 Å². The fourth-order valence-electron chi connectivity index (χ4n) is 4.09. The van der Waals surface area contributed by atoms with Crippen LogP contribution in [0, 0.1) is 11.7 Å². The summed E-state index contributed by atoms with van der Waals surface area (Å²) in [6, 6.07) is 11.6. The summed E-state index contributed by atoms with van der Waals surface area (Å²) in [5, 5.41) is 2.75. The van der Waals surface area contributed by atoms with Gasteiger partial charge in [0.2, 0.25) is 5.91 Å². The van der Waals surface area contributed by atoms with Crippen LogP contribution in [-0.2, 0) is 11.3 Å². The maximum atomic E-state index is 13.7. The fraction of sp³-hybridized carbons (Fsp3) is 0.333. The fourth-order valence-corrected chi connectivity index (χ4v) is 4.09. The number of carbonyl (C=O) groups is 2. The molecule has 3 aromatic rings. The molecule has 1 aromatic carbocycles. The summed E-state index contributed by atoms with van der Waals surface area (Å²) in [6.45, 7) is 1.22. The lowest BCUT2D eigenvalue weighted by Gasteiger charge is -2.32. The number of fused-ring (bicyclic) bond motifs is 1. The Morgan fingerprint density at radius 2 is 1.97 bits per heavy atom. The smallest absolute Gasteiger partial charge is 0.270 e. The number of hydrogen-bond acceptors (Lipinski definition) is 4. The molecule has 1 aliphatic heterocycles. The first-order chi connectivity index (χ1) is 15.5. The zero-order valence-corrected chi connectivity index (χ0v) is 17.7. The first-order valence-electron chi connectivity index (χ1n) is 10.8. The van der Waals surface area contributed by atoms with Crippen molar-refractivity contribution < 1.29 is 14.0 Å². The molecule has 4 rings (SSSR count). The van der Waals surface area contributed by atoms with Crippen LogP contribution in [0.2, 0.25) is 0 Å². The molecule has 1 atom stereocenters. The van der Waals surface area contributed by atoms with Crippen molar-refractivity contribution in [1.82, 2.24) is 19.6 Å². The predicted molar refractivity (Wildman–Crippen MR) is 118 cm³/mol. The highest BCUT2D eigenvalue weighted by Gasteiger charge is 2.27. The number of nitrogens with zero attached hydrogens (tertiary/aromatic N) is 3. The number of likely N-dealkylation sites (tertiary alicyclic amines) is 1. The molecule has 0 unspecified atom stereocenters. The van der Waals surface area contributed by atoms with Crippen molar-refractivity contribution in [3.05, 3.63) is 82.2 Å². The molecule has 1 aliphatic rings. The molecule has 0 aliphatic carbocycles. The zero-order valence-electron chi connectivity index (χ0n) is 17.7. The Morgan fingerprint density at radius 3 is 2.81 bits per heavy atom. The van der Waals surface area contributed by atoms with Crippen molar-refractivity contribution in [3.8, 4) is 0 Å². The van der Waals surface area contributed by atoms with Gasteiger partial charge in [0.25, 0.3) is 11.5 Å². The Morgan fingerprint density at radius 1 is 1.16 bits per heavy atom. The van der Waals surface area contributed by atoms with Gasteiger partial charge < -0.3 is 10.2 Å². The minimum atomic E-state index is -0.379. The number of pyridine rings is 1. The Hall–Kier alpha value is -3.55. The van der Waals surface area contributed by atoms with Crippen LogP contribution in [0.5, 0.6) is 0 Å². The number of piperidine rings is 1. The number of aromatic nitrogens is 2. The van der Waals surface area contributed by atoms with E-state index in [1.807, 2.05) is 0 Å². The van der Waals surface area contributed by atoms with E-state index >= 15 is 0 Å². The molecule has 0 saturated carbocycles. The Bertz CT molecular complexity index is 1190. The van der Waals surface area contributed by atoms with Crippen molar-refractivity contribution in [1.29, 1.82) is 0 Å². The molecule has 0 bridgehead atoms. The van der Waals surface area contributed by atoms with Gasteiger partial charge in [-0.2, -0.15) is 0 Å². The Kier molecular flexibility index (Phi) is 6.58. The zero-order chi connectivity index (χ0) is 22.5. The monoisotopic (exact) mass is 436 g/mol. The van der Waals surface area contributed by atoms with Crippen molar-refractivity contribution in [2.45, 2.75) is 32.2 Å². The summed E-state index contributed by atoms with van der Waals surface area (Å²) in [5.41, 5.74) is 0.616. The standard InChI is InChI=1S/C24H25FN4O3/c25-20-8-2-1-7-18(20)14-27-22(30)11-10-17-6-5-12-28(16-17)23(31)19-15-26-21-9-3-4-13-29(21)24(19)32/h1-4,7-9,13,15,17H,5-6,10-12,14,16H2,(H,27,30)/t17-/m1/s1. The number of carbonyl (C=O) groups excluding carboxylic acids is 2. The van der Waals surface area contributed by atoms with Crippen molar-refractivity contribution in [2.24, 2.45) is 5.92 Å². The van der Waals surface area contributed by atoms with E-state index in [0.29, 0.717) is 37.1 Å². The van der Waals surface area contributed by atoms with E-state index in [0.717, 1.165) is 12.8 Å². The summed E-state index contributed by atoms with van der Waals surface area (Å²) >= 11 is 0. The van der Waals surface area contributed by atoms with Crippen LogP contribution in [0.1, 0.15) is 41.6 Å². The van der Waals surface area contributed by atoms with E-state index in [1.54, 1.807) is 47.5 Å². The average Bonchev–Trinajstić information content (AvgIpc) is 2.82. The van der Waals surface area contributed by atoms with Gasteiger partial charge in [-0.1, -0.05) is 24.3 Å². The summed E-state index contributed by atoms with van der Waals surface area (Å²) in [7, 11) is 0. The molecule has 8 heteroatoms. The van der Waals surface area contributed by atoms with Crippen molar-refractivity contribution >= 4 is 17.5 Å². The third-order valence-corrected chi connectivity index (χ3v) is 5.86. The predicted octanol–water partition coefficient (Wildman–Crippen LogP) is 2.78. The molecule has 2 aromatic heterocycles. The molecule has 32 heavy (non-hydrogen) atoms. The van der Waals surface area contributed by atoms with E-state index in [9.17, 15) is 18.8 Å². The first kappa shape index (κ1) is 21.7. The molecule has 1 saturated heterocycles. The minimum Gasteiger partial charge on any atom is -0.352 e. The highest BCUT2D eigenvalue weighted by molar-refractivity contribution is 5.93. The summed E-state index contributed by atoms with van der Waals surface area (Å²) < 4.78 is 15.0. The summed E-state index contributed by atoms with van der Waals surface area (Å²) in [5.74, 6) is -0.639. The quantitative estimate of drug-likeness (QED) is 0.644. The van der Waals surface area contributed by atoms with Gasteiger partial charge in [0.15, 0.2) is 0 Å². The third kappa shape index (κ3) is 4.85. The van der Waals surface area contributed by atoms with Gasteiger partial charge >= 0.3 is 0 Å². The van der Waals surface area contributed by atoms with Crippen LogP contribution < -0.4 is 10.9 Å². The SMILES string of the molecule is O=C(CC[C@H]1CCCN(C(=O)c2cnc3ccccn3c2=O)C1)NCc1ccccc1F. The molecule has 2 amide bonds. The first-order valence-corrected chi connectivity index (χ1v) is 10.8. The van der Waals surface area contributed by atoms with Gasteiger partial charge in [-0.25, -0.2) is 9.37 Å². The van der Waals surface area contributed by atoms with E-state index in [4.69, 9.17) is 0 Å². The van der Waals surface area contributed by atoms with Crippen LogP contribution in [0.3, 0.4) is 0 Å². The van der Waals surface area contributed by atoms with E-state index in [2.05, 4.69) is 10.3 Å². The Balaban J connectivity index is 1.33. The minimum absolute atomic E-state index is 0.0528. The Labute approximate surface area is 184 Å². The molecule has 0 radical (unpaired) electrons. The largest absolute Gasteiger partial charge is 0.352 e. The molecule has 1 N–H and O–H groups in total. The van der Waals surface area contributed by atoms with Crippen LogP contribution in [0.15, 0.2) is 59.7 Å². The maximum absolute atomic E-state index is 13.7. The number of amides is 2. The van der Waals surface area contributed by atoms with Gasteiger partial charge in [-0.3, -0.25) is 18.8 Å². The third-order valence-electron chi connectivity index (χ3n) is 5.86. The lowest BCUT2D eigenvalue weighted by Crippen LogP contribution is -2.42. The second kappa shape index (κ2) is 9.72. The molecule has 166 valence electrons. The highest BCUT2D eigenvalue weighted by atomic mass is 19.1. The van der Waals surface area contributed by atoms with E-state index in [-0.39, 0.29) is 41.2 Å². The number of hydrogen-bond donors (Lipinski definition) is 1. The number of benzene rings is 1. The summed E-state index contributed by atoms with van der Waals surface area (Å²) in [6.07, 6.45) is 5.61. The number of halogens is 1. The lowest BCUT2D eigenvalue weighted by atomic mass is 9.93. The molecular formula is C24H25FN4O3. The normalized spacial score (nSPS) is 16.2. The lowest BCUT2D eigenvalue weighted by molar-refractivity contribution is -0.121. The molecule has 3 heterocycles. The van der Waals surface area contributed by atoms with E-state index in [1.165, 1.54) is 16.7 Å². The molecule has 7 nitrogen and oxygen atoms in total. The van der Waals surface area contributed by atoms with E-state index < -0.39 is 0 Å². The average molecular weight is 436 g/mol. The topological polar surface area (TPSA) is 83.8 Å². The number of nitrogens with one attached hydrogen (secondary N) is 1. The second-order valence-corrected chi connectivity index (χ2v) is 8.07.